The van der Waals surface area contributed by atoms with Gasteiger partial charge in [-0.15, -0.1) is 11.8 Å². The molecule has 0 aliphatic rings. The van der Waals surface area contributed by atoms with E-state index in [1.54, 1.807) is 0 Å². The molecule has 1 aromatic carbocycles. The molecule has 0 saturated carbocycles. The summed E-state index contributed by atoms with van der Waals surface area (Å²) in [4.78, 5) is 1.16. The van der Waals surface area contributed by atoms with Gasteiger partial charge in [0.1, 0.15) is 0 Å². The van der Waals surface area contributed by atoms with Crippen molar-refractivity contribution in [3.63, 3.8) is 0 Å². The van der Waals surface area contributed by atoms with Gasteiger partial charge in [-0.3, -0.25) is 0 Å². The zero-order valence-corrected chi connectivity index (χ0v) is 18.3. The van der Waals surface area contributed by atoms with Crippen molar-refractivity contribution in [3.05, 3.63) is 28.2 Å². The fourth-order valence-electron chi connectivity index (χ4n) is 3.05. The molecule has 0 nitrogen and oxygen atoms in total. The van der Waals surface area contributed by atoms with Gasteiger partial charge >= 0.3 is 0 Å². The van der Waals surface area contributed by atoms with Gasteiger partial charge in [0.05, 0.1) is 10.0 Å². The molecule has 0 N–H and O–H groups in total. The Bertz CT molecular complexity index is 414. The standard InChI is InChI=1S/C22H35Cl2S/c1-2-3-4-5-6-7-8-9-10-11-12-13-14-15-16-25-22-18-20(23)17-21(24)19-22/h18-19H,2-16H2,1H3. The topological polar surface area (TPSA) is 0 Å². The first-order valence-electron chi connectivity index (χ1n) is 10.2. The van der Waals surface area contributed by atoms with E-state index in [1.165, 1.54) is 89.9 Å². The predicted molar refractivity (Wildman–Crippen MR) is 116 cm³/mol. The van der Waals surface area contributed by atoms with Crippen LogP contribution >= 0.6 is 35.0 Å². The maximum absolute atomic E-state index is 5.97. The van der Waals surface area contributed by atoms with E-state index in [9.17, 15) is 0 Å². The van der Waals surface area contributed by atoms with E-state index in [2.05, 4.69) is 13.0 Å². The monoisotopic (exact) mass is 401 g/mol. The molecule has 0 amide bonds. The van der Waals surface area contributed by atoms with Crippen LogP contribution in [0.25, 0.3) is 0 Å². The van der Waals surface area contributed by atoms with E-state index in [-0.39, 0.29) is 0 Å². The molecule has 0 heterocycles. The van der Waals surface area contributed by atoms with Gasteiger partial charge in [0.15, 0.2) is 0 Å². The molecule has 25 heavy (non-hydrogen) atoms. The number of thioether (sulfide) groups is 1. The number of unbranched alkanes of at least 4 members (excludes halogenated alkanes) is 13. The highest BCUT2D eigenvalue weighted by atomic mass is 35.5. The van der Waals surface area contributed by atoms with Crippen LogP contribution in [0.15, 0.2) is 17.0 Å². The van der Waals surface area contributed by atoms with Gasteiger partial charge in [0.2, 0.25) is 0 Å². The first-order chi connectivity index (χ1) is 12.2. The van der Waals surface area contributed by atoms with Gasteiger partial charge in [-0.1, -0.05) is 114 Å². The van der Waals surface area contributed by atoms with Gasteiger partial charge in [-0.25, -0.2) is 0 Å². The van der Waals surface area contributed by atoms with Gasteiger partial charge in [-0.2, -0.15) is 0 Å². The molecule has 0 bridgehead atoms. The minimum atomic E-state index is 0.607. The van der Waals surface area contributed by atoms with Gasteiger partial charge in [-0.05, 0) is 24.3 Å². The molecule has 3 heteroatoms. The lowest BCUT2D eigenvalue weighted by Gasteiger charge is -2.04. The van der Waals surface area contributed by atoms with E-state index < -0.39 is 0 Å². The Kier molecular flexibility index (Phi) is 15.2. The molecule has 0 unspecified atom stereocenters. The van der Waals surface area contributed by atoms with Gasteiger partial charge in [0, 0.05) is 11.0 Å². The summed E-state index contributed by atoms with van der Waals surface area (Å²) in [5.74, 6) is 1.15. The van der Waals surface area contributed by atoms with E-state index in [0.29, 0.717) is 10.0 Å². The number of hydrogen-bond acceptors (Lipinski definition) is 1. The molecule has 1 aromatic rings. The second-order valence-electron chi connectivity index (χ2n) is 6.96. The second-order valence-corrected chi connectivity index (χ2v) is 8.94. The molecular formula is C22H35Cl2S. The van der Waals surface area contributed by atoms with Crippen LogP contribution in [0.1, 0.15) is 96.8 Å². The van der Waals surface area contributed by atoms with Crippen molar-refractivity contribution >= 4 is 35.0 Å². The lowest BCUT2D eigenvalue weighted by molar-refractivity contribution is 0.538. The third-order valence-electron chi connectivity index (χ3n) is 4.54. The second kappa shape index (κ2) is 16.3. The smallest absolute Gasteiger partial charge is 0.0511 e. The Hall–Kier alpha value is 0.150. The molecule has 1 radical (unpaired) electrons. The molecule has 1 rings (SSSR count). The third-order valence-corrected chi connectivity index (χ3v) is 6.01. The Morgan fingerprint density at radius 2 is 1.08 bits per heavy atom. The fourth-order valence-corrected chi connectivity index (χ4v) is 4.65. The van der Waals surface area contributed by atoms with Crippen LogP contribution in [0, 0.1) is 6.07 Å². The molecule has 143 valence electrons. The molecule has 0 atom stereocenters. The Labute approximate surface area is 170 Å². The maximum atomic E-state index is 5.97. The van der Waals surface area contributed by atoms with Gasteiger partial charge in [0.25, 0.3) is 0 Å². The Balaban J connectivity index is 1.81. The molecule has 0 aliphatic carbocycles. The Morgan fingerprint density at radius 3 is 1.52 bits per heavy atom. The summed E-state index contributed by atoms with van der Waals surface area (Å²) in [6.07, 6.45) is 19.7. The number of benzene rings is 1. The first-order valence-corrected chi connectivity index (χ1v) is 12.0. The molecule has 0 fully saturated rings. The minimum Gasteiger partial charge on any atom is -0.126 e. The zero-order valence-electron chi connectivity index (χ0n) is 15.9. The van der Waals surface area contributed by atoms with Crippen LogP contribution < -0.4 is 0 Å². The van der Waals surface area contributed by atoms with Crippen molar-refractivity contribution in [2.24, 2.45) is 0 Å². The van der Waals surface area contributed by atoms with Crippen LogP contribution in [0.2, 0.25) is 10.0 Å². The third kappa shape index (κ3) is 13.9. The summed E-state index contributed by atoms with van der Waals surface area (Å²) < 4.78 is 0. The summed E-state index contributed by atoms with van der Waals surface area (Å²) >= 11 is 13.8. The highest BCUT2D eigenvalue weighted by Crippen LogP contribution is 2.27. The van der Waals surface area contributed by atoms with Crippen molar-refractivity contribution in [3.8, 4) is 0 Å². The first kappa shape index (κ1) is 23.2. The highest BCUT2D eigenvalue weighted by Gasteiger charge is 2.00. The molecule has 0 spiro atoms. The lowest BCUT2D eigenvalue weighted by Crippen LogP contribution is -1.85. The van der Waals surface area contributed by atoms with Crippen LogP contribution in [-0.2, 0) is 0 Å². The molecule has 0 aromatic heterocycles. The van der Waals surface area contributed by atoms with E-state index in [1.807, 2.05) is 23.9 Å². The highest BCUT2D eigenvalue weighted by molar-refractivity contribution is 7.99. The minimum absolute atomic E-state index is 0.607. The van der Waals surface area contributed by atoms with E-state index >= 15 is 0 Å². The normalized spacial score (nSPS) is 11.2. The summed E-state index contributed by atoms with van der Waals surface area (Å²) in [5.41, 5.74) is 0. The van der Waals surface area contributed by atoms with Crippen LogP contribution in [0.3, 0.4) is 0 Å². The molecule has 0 saturated heterocycles. The SMILES string of the molecule is CCCCCCCCCCCCCCCCSc1cc(Cl)[c]c(Cl)c1. The maximum Gasteiger partial charge on any atom is 0.0511 e. The van der Waals surface area contributed by atoms with E-state index in [0.717, 1.165) is 10.6 Å². The summed E-state index contributed by atoms with van der Waals surface area (Å²) in [7, 11) is 0. The number of halogens is 2. The van der Waals surface area contributed by atoms with Crippen molar-refractivity contribution in [1.29, 1.82) is 0 Å². The number of rotatable bonds is 16. The predicted octanol–water partition coefficient (Wildman–Crippen LogP) is 9.37. The van der Waals surface area contributed by atoms with Crippen LogP contribution in [0.5, 0.6) is 0 Å². The zero-order chi connectivity index (χ0) is 18.2. The average molecular weight is 402 g/mol. The summed E-state index contributed by atoms with van der Waals surface area (Å²) in [6, 6.07) is 6.77. The van der Waals surface area contributed by atoms with Crippen molar-refractivity contribution < 1.29 is 0 Å². The average Bonchev–Trinajstić information content (AvgIpc) is 2.57. The van der Waals surface area contributed by atoms with E-state index in [4.69, 9.17) is 23.2 Å². The summed E-state index contributed by atoms with van der Waals surface area (Å²) in [6.45, 7) is 2.28. The fraction of sp³-hybridized carbons (Fsp3) is 0.727. The van der Waals surface area contributed by atoms with Crippen molar-refractivity contribution in [1.82, 2.24) is 0 Å². The van der Waals surface area contributed by atoms with Crippen molar-refractivity contribution in [2.45, 2.75) is 102 Å². The van der Waals surface area contributed by atoms with Crippen molar-refractivity contribution in [2.75, 3.05) is 5.75 Å². The van der Waals surface area contributed by atoms with Gasteiger partial charge < -0.3 is 0 Å². The summed E-state index contributed by atoms with van der Waals surface area (Å²) in [5, 5.41) is 1.21. The number of hydrogen-bond donors (Lipinski definition) is 0. The largest absolute Gasteiger partial charge is 0.126 e. The quantitative estimate of drug-likeness (QED) is 0.196. The molecular weight excluding hydrogens is 367 g/mol. The van der Waals surface area contributed by atoms with Crippen LogP contribution in [-0.4, -0.2) is 5.75 Å². The van der Waals surface area contributed by atoms with Crippen LogP contribution in [0.4, 0.5) is 0 Å². The molecule has 0 aliphatic heterocycles. The Morgan fingerprint density at radius 1 is 0.680 bits per heavy atom. The lowest BCUT2D eigenvalue weighted by atomic mass is 10.0.